The van der Waals surface area contributed by atoms with E-state index in [0.29, 0.717) is 15.7 Å². The maximum atomic E-state index is 12.6. The van der Waals surface area contributed by atoms with E-state index < -0.39 is 0 Å². The van der Waals surface area contributed by atoms with Gasteiger partial charge in [0.1, 0.15) is 0 Å². The maximum Gasteiger partial charge on any atom is 0.241 e. The number of benzene rings is 1. The number of morpholine rings is 1. The summed E-state index contributed by atoms with van der Waals surface area (Å²) in [5.41, 5.74) is 0.571. The molecular formula is C20H29Cl2N3O2. The zero-order valence-corrected chi connectivity index (χ0v) is 17.4. The molecule has 1 atom stereocenters. The molecule has 1 amide bonds. The summed E-state index contributed by atoms with van der Waals surface area (Å²) in [4.78, 5) is 17.4. The Kier molecular flexibility index (Phi) is 7.79. The number of likely N-dealkylation sites (tertiary alicyclic amines) is 1. The second-order valence-corrected chi connectivity index (χ2v) is 8.36. The molecule has 1 unspecified atom stereocenters. The number of nitrogens with one attached hydrogen (secondary N) is 1. The fraction of sp³-hybridized carbons (Fsp3) is 0.650. The van der Waals surface area contributed by atoms with E-state index in [1.807, 2.05) is 6.92 Å². The second kappa shape index (κ2) is 10.1. The highest BCUT2D eigenvalue weighted by atomic mass is 35.5. The lowest BCUT2D eigenvalue weighted by atomic mass is 9.92. The number of ether oxygens (including phenoxy) is 1. The number of halogens is 2. The van der Waals surface area contributed by atoms with Crippen LogP contribution in [0.2, 0.25) is 10.0 Å². The van der Waals surface area contributed by atoms with E-state index in [4.69, 9.17) is 27.9 Å². The third-order valence-electron chi connectivity index (χ3n) is 5.72. The summed E-state index contributed by atoms with van der Waals surface area (Å²) in [6, 6.07) is 4.92. The van der Waals surface area contributed by atoms with Gasteiger partial charge < -0.3 is 10.1 Å². The Labute approximate surface area is 171 Å². The van der Waals surface area contributed by atoms with Gasteiger partial charge in [0.25, 0.3) is 0 Å². The molecule has 2 aliphatic heterocycles. The Morgan fingerprint density at radius 1 is 1.22 bits per heavy atom. The number of hydrogen-bond acceptors (Lipinski definition) is 4. The number of carbonyl (C=O) groups is 1. The van der Waals surface area contributed by atoms with Gasteiger partial charge in [-0.2, -0.15) is 0 Å². The van der Waals surface area contributed by atoms with E-state index in [1.54, 1.807) is 18.2 Å². The van der Waals surface area contributed by atoms with Crippen molar-refractivity contribution in [3.8, 4) is 0 Å². The summed E-state index contributed by atoms with van der Waals surface area (Å²) in [7, 11) is 0. The largest absolute Gasteiger partial charge is 0.379 e. The van der Waals surface area contributed by atoms with Crippen LogP contribution in [0.1, 0.15) is 26.2 Å². The summed E-state index contributed by atoms with van der Waals surface area (Å²) in [6.45, 7) is 8.89. The van der Waals surface area contributed by atoms with Crippen molar-refractivity contribution in [2.24, 2.45) is 5.92 Å². The average Bonchev–Trinajstić information content (AvgIpc) is 2.70. The molecule has 150 valence electrons. The van der Waals surface area contributed by atoms with Crippen molar-refractivity contribution in [1.82, 2.24) is 9.80 Å². The Morgan fingerprint density at radius 2 is 1.93 bits per heavy atom. The fourth-order valence-corrected chi connectivity index (χ4v) is 4.15. The fourth-order valence-electron chi connectivity index (χ4n) is 3.82. The third kappa shape index (κ3) is 6.06. The molecule has 0 saturated carbocycles. The first-order valence-corrected chi connectivity index (χ1v) is 10.6. The van der Waals surface area contributed by atoms with Crippen LogP contribution in [0.5, 0.6) is 0 Å². The molecule has 1 N–H and O–H groups in total. The molecule has 2 aliphatic rings. The molecular weight excluding hydrogens is 385 g/mol. The van der Waals surface area contributed by atoms with Crippen LogP contribution in [-0.2, 0) is 9.53 Å². The van der Waals surface area contributed by atoms with Crippen molar-refractivity contribution in [2.45, 2.75) is 32.2 Å². The van der Waals surface area contributed by atoms with E-state index >= 15 is 0 Å². The van der Waals surface area contributed by atoms with E-state index in [2.05, 4.69) is 15.1 Å². The molecule has 0 spiro atoms. The van der Waals surface area contributed by atoms with Gasteiger partial charge in [0, 0.05) is 18.1 Å². The number of amides is 1. The predicted octanol–water partition coefficient (Wildman–Crippen LogP) is 3.75. The van der Waals surface area contributed by atoms with Crippen LogP contribution < -0.4 is 5.32 Å². The van der Waals surface area contributed by atoms with Gasteiger partial charge in [0.15, 0.2) is 0 Å². The second-order valence-electron chi connectivity index (χ2n) is 7.51. The Bertz CT molecular complexity index is 630. The van der Waals surface area contributed by atoms with Crippen LogP contribution in [0, 0.1) is 5.92 Å². The summed E-state index contributed by atoms with van der Waals surface area (Å²) < 4.78 is 5.41. The van der Waals surface area contributed by atoms with Crippen LogP contribution in [0.25, 0.3) is 0 Å². The number of anilines is 1. The monoisotopic (exact) mass is 413 g/mol. The lowest BCUT2D eigenvalue weighted by Crippen LogP contribution is -2.46. The van der Waals surface area contributed by atoms with Crippen molar-refractivity contribution < 1.29 is 9.53 Å². The third-order valence-corrected chi connectivity index (χ3v) is 6.28. The number of hydrogen-bond donors (Lipinski definition) is 1. The van der Waals surface area contributed by atoms with Gasteiger partial charge in [-0.3, -0.25) is 14.6 Å². The van der Waals surface area contributed by atoms with Crippen molar-refractivity contribution >= 4 is 34.8 Å². The number of nitrogens with zero attached hydrogens (tertiary/aromatic N) is 2. The highest BCUT2D eigenvalue weighted by Gasteiger charge is 2.27. The molecule has 0 bridgehead atoms. The molecule has 0 aliphatic carbocycles. The molecule has 2 fully saturated rings. The molecule has 1 aromatic carbocycles. The number of carbonyl (C=O) groups excluding carboxylic acids is 1. The van der Waals surface area contributed by atoms with Gasteiger partial charge in [-0.25, -0.2) is 0 Å². The molecule has 1 aromatic rings. The van der Waals surface area contributed by atoms with Crippen molar-refractivity contribution in [3.05, 3.63) is 28.2 Å². The zero-order valence-electron chi connectivity index (χ0n) is 15.9. The lowest BCUT2D eigenvalue weighted by Gasteiger charge is -2.36. The first-order chi connectivity index (χ1) is 13.0. The van der Waals surface area contributed by atoms with Gasteiger partial charge in [0.05, 0.1) is 30.0 Å². The first-order valence-electron chi connectivity index (χ1n) is 9.83. The minimum absolute atomic E-state index is 0.0362. The number of piperidine rings is 1. The zero-order chi connectivity index (χ0) is 19.2. The minimum Gasteiger partial charge on any atom is -0.379 e. The van der Waals surface area contributed by atoms with Crippen LogP contribution in [0.4, 0.5) is 5.69 Å². The molecule has 7 heteroatoms. The highest BCUT2D eigenvalue weighted by molar-refractivity contribution is 6.35. The van der Waals surface area contributed by atoms with E-state index in [1.165, 1.54) is 6.42 Å². The van der Waals surface area contributed by atoms with E-state index in [-0.39, 0.29) is 11.9 Å². The molecule has 3 rings (SSSR count). The summed E-state index contributed by atoms with van der Waals surface area (Å²) in [5, 5.41) is 3.97. The minimum atomic E-state index is -0.180. The first kappa shape index (κ1) is 20.9. The SMILES string of the molecule is CC(C(=O)Nc1cc(Cl)ccc1Cl)N1CCC(CCN2CCOCC2)CC1. The highest BCUT2D eigenvalue weighted by Crippen LogP contribution is 2.27. The quantitative estimate of drug-likeness (QED) is 0.770. The predicted molar refractivity (Wildman–Crippen MR) is 111 cm³/mol. The molecule has 2 saturated heterocycles. The van der Waals surface area contributed by atoms with Crippen molar-refractivity contribution in [1.29, 1.82) is 0 Å². The van der Waals surface area contributed by atoms with Crippen LogP contribution >= 0.6 is 23.2 Å². The van der Waals surface area contributed by atoms with Crippen LogP contribution in [0.15, 0.2) is 18.2 Å². The lowest BCUT2D eigenvalue weighted by molar-refractivity contribution is -0.121. The molecule has 0 aromatic heterocycles. The molecule has 5 nitrogen and oxygen atoms in total. The Balaban J connectivity index is 1.42. The van der Waals surface area contributed by atoms with Crippen molar-refractivity contribution in [2.75, 3.05) is 51.3 Å². The van der Waals surface area contributed by atoms with Crippen LogP contribution in [0.3, 0.4) is 0 Å². The topological polar surface area (TPSA) is 44.8 Å². The standard InChI is InChI=1S/C20H29Cl2N3O2/c1-15(20(26)23-19-14-17(21)2-3-18(19)22)25-8-5-16(6-9-25)4-7-24-10-12-27-13-11-24/h2-3,14-16H,4-13H2,1H3,(H,23,26). The van der Waals surface area contributed by atoms with Crippen molar-refractivity contribution in [3.63, 3.8) is 0 Å². The smallest absolute Gasteiger partial charge is 0.241 e. The maximum absolute atomic E-state index is 12.6. The van der Waals surface area contributed by atoms with Gasteiger partial charge in [-0.05, 0) is 69.9 Å². The van der Waals surface area contributed by atoms with Gasteiger partial charge in [0.2, 0.25) is 5.91 Å². The van der Waals surface area contributed by atoms with Gasteiger partial charge in [-0.1, -0.05) is 23.2 Å². The molecule has 2 heterocycles. The van der Waals surface area contributed by atoms with Gasteiger partial charge in [-0.15, -0.1) is 0 Å². The Morgan fingerprint density at radius 3 is 2.63 bits per heavy atom. The summed E-state index contributed by atoms with van der Waals surface area (Å²) in [6.07, 6.45) is 3.55. The van der Waals surface area contributed by atoms with E-state index in [9.17, 15) is 4.79 Å². The summed E-state index contributed by atoms with van der Waals surface area (Å²) in [5.74, 6) is 0.715. The normalized spacial score (nSPS) is 21.1. The molecule has 27 heavy (non-hydrogen) atoms. The Hall–Kier alpha value is -0.850. The summed E-state index contributed by atoms with van der Waals surface area (Å²) >= 11 is 12.1. The molecule has 0 radical (unpaired) electrons. The van der Waals surface area contributed by atoms with Crippen LogP contribution in [-0.4, -0.2) is 67.7 Å². The van der Waals surface area contributed by atoms with E-state index in [0.717, 1.165) is 64.7 Å². The van der Waals surface area contributed by atoms with Gasteiger partial charge >= 0.3 is 0 Å². The number of rotatable bonds is 6. The average molecular weight is 414 g/mol.